The Labute approximate surface area is 113 Å². The molecular weight excluding hydrogens is 274 g/mol. The Morgan fingerprint density at radius 1 is 1.41 bits per heavy atom. The summed E-state index contributed by atoms with van der Waals surface area (Å²) in [7, 11) is 0. The molecule has 0 amide bonds. The molecule has 1 saturated heterocycles. The number of benzene rings is 1. The molecular formula is C15H22BrN. The highest BCUT2D eigenvalue weighted by Crippen LogP contribution is 2.35. The first-order valence-corrected chi connectivity index (χ1v) is 7.42. The summed E-state index contributed by atoms with van der Waals surface area (Å²) in [5.41, 5.74) is 1.51. The zero-order valence-corrected chi connectivity index (χ0v) is 12.3. The largest absolute Gasteiger partial charge is 0.316 e. The predicted octanol–water partition coefficient (Wildman–Crippen LogP) is 4.19. The van der Waals surface area contributed by atoms with Gasteiger partial charge in [0.2, 0.25) is 0 Å². The van der Waals surface area contributed by atoms with E-state index >= 15 is 0 Å². The molecule has 1 nitrogen and oxygen atoms in total. The van der Waals surface area contributed by atoms with E-state index in [1.165, 1.54) is 29.4 Å². The van der Waals surface area contributed by atoms with Crippen LogP contribution in [0.15, 0.2) is 28.7 Å². The average molecular weight is 296 g/mol. The van der Waals surface area contributed by atoms with Gasteiger partial charge in [0.15, 0.2) is 0 Å². The minimum absolute atomic E-state index is 0.733. The van der Waals surface area contributed by atoms with E-state index in [1.807, 2.05) is 0 Å². The Kier molecular flexibility index (Phi) is 4.63. The van der Waals surface area contributed by atoms with Gasteiger partial charge >= 0.3 is 0 Å². The van der Waals surface area contributed by atoms with Crippen molar-refractivity contribution >= 4 is 15.9 Å². The molecule has 2 heteroatoms. The third-order valence-electron chi connectivity index (χ3n) is 3.66. The molecule has 1 N–H and O–H groups in total. The van der Waals surface area contributed by atoms with Crippen molar-refractivity contribution in [1.29, 1.82) is 0 Å². The number of piperidine rings is 1. The summed E-state index contributed by atoms with van der Waals surface area (Å²) in [4.78, 5) is 0. The lowest BCUT2D eigenvalue weighted by Crippen LogP contribution is -2.36. The van der Waals surface area contributed by atoms with Crippen LogP contribution in [-0.2, 0) is 0 Å². The molecule has 0 bridgehead atoms. The van der Waals surface area contributed by atoms with Gasteiger partial charge in [-0.05, 0) is 61.4 Å². The summed E-state index contributed by atoms with van der Waals surface area (Å²) in [5, 5.41) is 3.54. The third kappa shape index (κ3) is 3.56. The Hall–Kier alpha value is -0.340. The van der Waals surface area contributed by atoms with Crippen LogP contribution >= 0.6 is 15.9 Å². The van der Waals surface area contributed by atoms with Gasteiger partial charge in [-0.2, -0.15) is 0 Å². The summed E-state index contributed by atoms with van der Waals surface area (Å²) in [6.07, 6.45) is 2.60. The maximum absolute atomic E-state index is 3.58. The molecule has 17 heavy (non-hydrogen) atoms. The van der Waals surface area contributed by atoms with E-state index in [0.717, 1.165) is 24.3 Å². The molecule has 2 atom stereocenters. The van der Waals surface area contributed by atoms with Gasteiger partial charge in [-0.15, -0.1) is 0 Å². The molecule has 0 aromatic heterocycles. The monoisotopic (exact) mass is 295 g/mol. The molecule has 1 heterocycles. The number of nitrogens with one attached hydrogen (secondary N) is 1. The van der Waals surface area contributed by atoms with Gasteiger partial charge in [-0.25, -0.2) is 0 Å². The Balaban J connectivity index is 2.15. The lowest BCUT2D eigenvalue weighted by atomic mass is 9.77. The van der Waals surface area contributed by atoms with Gasteiger partial charge in [0, 0.05) is 4.47 Å². The van der Waals surface area contributed by atoms with Gasteiger partial charge in [0.05, 0.1) is 0 Å². The normalized spacial score (nSPS) is 25.2. The summed E-state index contributed by atoms with van der Waals surface area (Å²) < 4.78 is 1.21. The van der Waals surface area contributed by atoms with Crippen molar-refractivity contribution in [3.8, 4) is 0 Å². The zero-order chi connectivity index (χ0) is 12.3. The Bertz CT molecular complexity index is 362. The van der Waals surface area contributed by atoms with Crippen molar-refractivity contribution in [2.75, 3.05) is 13.1 Å². The second-order valence-corrected chi connectivity index (χ2v) is 6.46. The van der Waals surface area contributed by atoms with Crippen LogP contribution in [-0.4, -0.2) is 13.1 Å². The van der Waals surface area contributed by atoms with Gasteiger partial charge in [0.1, 0.15) is 0 Å². The van der Waals surface area contributed by atoms with Gasteiger partial charge in [-0.3, -0.25) is 0 Å². The standard InChI is InChI=1S/C15H22BrN/c1-11(2)8-13-10-17-7-6-15(13)12-4-3-5-14(16)9-12/h3-5,9,11,13,15,17H,6-8,10H2,1-2H3. The first-order valence-electron chi connectivity index (χ1n) is 6.63. The molecule has 1 fully saturated rings. The maximum Gasteiger partial charge on any atom is 0.0178 e. The van der Waals surface area contributed by atoms with E-state index in [2.05, 4.69) is 59.4 Å². The summed E-state index contributed by atoms with van der Waals surface area (Å²) in [6, 6.07) is 8.85. The lowest BCUT2D eigenvalue weighted by molar-refractivity contribution is 0.280. The van der Waals surface area contributed by atoms with Gasteiger partial charge in [-0.1, -0.05) is 41.9 Å². The summed E-state index contributed by atoms with van der Waals surface area (Å²) in [5.74, 6) is 2.31. The fourth-order valence-corrected chi connectivity index (χ4v) is 3.37. The van der Waals surface area contributed by atoms with E-state index in [-0.39, 0.29) is 0 Å². The highest BCUT2D eigenvalue weighted by Gasteiger charge is 2.26. The molecule has 1 aromatic carbocycles. The number of rotatable bonds is 3. The highest BCUT2D eigenvalue weighted by atomic mass is 79.9. The molecule has 2 unspecified atom stereocenters. The van der Waals surface area contributed by atoms with Crippen molar-refractivity contribution in [2.45, 2.75) is 32.6 Å². The van der Waals surface area contributed by atoms with Crippen molar-refractivity contribution in [2.24, 2.45) is 11.8 Å². The number of halogens is 1. The Morgan fingerprint density at radius 3 is 2.94 bits per heavy atom. The number of hydrogen-bond acceptors (Lipinski definition) is 1. The molecule has 1 aromatic rings. The summed E-state index contributed by atoms with van der Waals surface area (Å²) in [6.45, 7) is 6.99. The fraction of sp³-hybridized carbons (Fsp3) is 0.600. The van der Waals surface area contributed by atoms with Crippen molar-refractivity contribution < 1.29 is 0 Å². The van der Waals surface area contributed by atoms with Crippen LogP contribution in [0.3, 0.4) is 0 Å². The first kappa shape index (κ1) is 13.1. The molecule has 1 aliphatic heterocycles. The minimum atomic E-state index is 0.733. The zero-order valence-electron chi connectivity index (χ0n) is 10.7. The van der Waals surface area contributed by atoms with Gasteiger partial charge < -0.3 is 5.32 Å². The molecule has 1 aliphatic rings. The second-order valence-electron chi connectivity index (χ2n) is 5.54. The minimum Gasteiger partial charge on any atom is -0.316 e. The van der Waals surface area contributed by atoms with Crippen molar-refractivity contribution in [3.05, 3.63) is 34.3 Å². The van der Waals surface area contributed by atoms with Crippen LogP contribution in [0.4, 0.5) is 0 Å². The molecule has 0 aliphatic carbocycles. The first-order chi connectivity index (χ1) is 8.16. The Morgan fingerprint density at radius 2 is 2.24 bits per heavy atom. The van der Waals surface area contributed by atoms with E-state index < -0.39 is 0 Å². The van der Waals surface area contributed by atoms with E-state index in [0.29, 0.717) is 0 Å². The van der Waals surface area contributed by atoms with Crippen molar-refractivity contribution in [1.82, 2.24) is 5.32 Å². The van der Waals surface area contributed by atoms with Gasteiger partial charge in [0.25, 0.3) is 0 Å². The van der Waals surface area contributed by atoms with E-state index in [4.69, 9.17) is 0 Å². The van der Waals surface area contributed by atoms with Crippen LogP contribution in [0, 0.1) is 11.8 Å². The smallest absolute Gasteiger partial charge is 0.0178 e. The van der Waals surface area contributed by atoms with Crippen LogP contribution in [0.1, 0.15) is 38.2 Å². The van der Waals surface area contributed by atoms with Crippen LogP contribution in [0.5, 0.6) is 0 Å². The molecule has 0 spiro atoms. The fourth-order valence-electron chi connectivity index (χ4n) is 2.95. The molecule has 94 valence electrons. The lowest BCUT2D eigenvalue weighted by Gasteiger charge is -2.33. The van der Waals surface area contributed by atoms with Crippen LogP contribution in [0.25, 0.3) is 0 Å². The van der Waals surface area contributed by atoms with Crippen LogP contribution < -0.4 is 5.32 Å². The topological polar surface area (TPSA) is 12.0 Å². The summed E-state index contributed by atoms with van der Waals surface area (Å²) >= 11 is 3.58. The molecule has 0 saturated carbocycles. The van der Waals surface area contributed by atoms with E-state index in [9.17, 15) is 0 Å². The average Bonchev–Trinajstić information content (AvgIpc) is 2.29. The third-order valence-corrected chi connectivity index (χ3v) is 4.15. The predicted molar refractivity (Wildman–Crippen MR) is 77.3 cm³/mol. The number of hydrogen-bond donors (Lipinski definition) is 1. The SMILES string of the molecule is CC(C)CC1CNCCC1c1cccc(Br)c1. The highest BCUT2D eigenvalue weighted by molar-refractivity contribution is 9.10. The van der Waals surface area contributed by atoms with Crippen molar-refractivity contribution in [3.63, 3.8) is 0 Å². The molecule has 0 radical (unpaired) electrons. The molecule has 2 rings (SSSR count). The second kappa shape index (κ2) is 6.01. The maximum atomic E-state index is 3.58. The van der Waals surface area contributed by atoms with Crippen LogP contribution in [0.2, 0.25) is 0 Å². The van der Waals surface area contributed by atoms with E-state index in [1.54, 1.807) is 0 Å². The quantitative estimate of drug-likeness (QED) is 0.882.